The fraction of sp³-hybridized carbons (Fsp3) is 0.545. The van der Waals surface area contributed by atoms with Crippen LogP contribution in [0.25, 0.3) is 0 Å². The summed E-state index contributed by atoms with van der Waals surface area (Å²) in [7, 11) is 0. The van der Waals surface area contributed by atoms with Gasteiger partial charge >= 0.3 is 0 Å². The maximum absolute atomic E-state index is 12.9. The molecule has 1 aromatic heterocycles. The number of aliphatic hydroxyl groups is 1. The molecule has 1 aliphatic rings. The summed E-state index contributed by atoms with van der Waals surface area (Å²) >= 11 is 0. The second kappa shape index (κ2) is 3.54. The summed E-state index contributed by atoms with van der Waals surface area (Å²) in [5.74, 6) is -0.412. The van der Waals surface area contributed by atoms with Crippen LogP contribution in [0, 0.1) is 5.82 Å². The molecule has 2 rings (SSSR count). The normalized spacial score (nSPS) is 25.7. The second-order valence-electron chi connectivity index (χ2n) is 4.72. The monoisotopic (exact) mass is 210 g/mol. The summed E-state index contributed by atoms with van der Waals surface area (Å²) in [6.45, 7) is 4.14. The molecule has 3 nitrogen and oxygen atoms in total. The number of pyridine rings is 1. The topological polar surface area (TPSA) is 45.2 Å². The van der Waals surface area contributed by atoms with Crippen LogP contribution in [0.4, 0.5) is 4.39 Å². The van der Waals surface area contributed by atoms with E-state index in [0.29, 0.717) is 5.56 Å². The maximum atomic E-state index is 12.9. The summed E-state index contributed by atoms with van der Waals surface area (Å²) in [6, 6.07) is 1.33. The van der Waals surface area contributed by atoms with E-state index in [0.717, 1.165) is 12.6 Å². The Kier molecular flexibility index (Phi) is 2.48. The van der Waals surface area contributed by atoms with E-state index in [1.807, 2.05) is 0 Å². The van der Waals surface area contributed by atoms with Gasteiger partial charge in [-0.1, -0.05) is 0 Å². The van der Waals surface area contributed by atoms with Crippen molar-refractivity contribution >= 4 is 0 Å². The van der Waals surface area contributed by atoms with Gasteiger partial charge in [-0.3, -0.25) is 4.98 Å². The van der Waals surface area contributed by atoms with Gasteiger partial charge < -0.3 is 10.4 Å². The Hall–Kier alpha value is -1.00. The first-order valence-electron chi connectivity index (χ1n) is 5.04. The van der Waals surface area contributed by atoms with E-state index in [9.17, 15) is 9.50 Å². The van der Waals surface area contributed by atoms with Gasteiger partial charge in [0.2, 0.25) is 0 Å². The van der Waals surface area contributed by atoms with Crippen LogP contribution in [0.3, 0.4) is 0 Å². The molecule has 0 spiro atoms. The molecule has 0 saturated carbocycles. The molecule has 2 atom stereocenters. The van der Waals surface area contributed by atoms with Gasteiger partial charge in [0.15, 0.2) is 0 Å². The van der Waals surface area contributed by atoms with Crippen molar-refractivity contribution in [2.75, 3.05) is 0 Å². The highest BCUT2D eigenvalue weighted by Crippen LogP contribution is 2.31. The Morgan fingerprint density at radius 1 is 1.60 bits per heavy atom. The molecule has 1 aliphatic heterocycles. The van der Waals surface area contributed by atoms with Crippen molar-refractivity contribution < 1.29 is 9.50 Å². The molecule has 4 heteroatoms. The van der Waals surface area contributed by atoms with Gasteiger partial charge in [-0.2, -0.15) is 0 Å². The molecule has 0 amide bonds. The molecule has 2 N–H and O–H groups in total. The van der Waals surface area contributed by atoms with Gasteiger partial charge in [0, 0.05) is 23.3 Å². The molecule has 0 radical (unpaired) electrons. The number of rotatable bonds is 2. The highest BCUT2D eigenvalue weighted by molar-refractivity contribution is 5.17. The van der Waals surface area contributed by atoms with Crippen LogP contribution in [-0.4, -0.2) is 21.7 Å². The van der Waals surface area contributed by atoms with E-state index < -0.39 is 11.9 Å². The lowest BCUT2D eigenvalue weighted by Crippen LogP contribution is -2.61. The van der Waals surface area contributed by atoms with Gasteiger partial charge in [-0.15, -0.1) is 0 Å². The van der Waals surface area contributed by atoms with E-state index in [-0.39, 0.29) is 11.6 Å². The van der Waals surface area contributed by atoms with Crippen molar-refractivity contribution in [1.29, 1.82) is 0 Å². The van der Waals surface area contributed by atoms with Crippen molar-refractivity contribution in [1.82, 2.24) is 10.3 Å². The van der Waals surface area contributed by atoms with E-state index in [1.165, 1.54) is 12.3 Å². The third-order valence-corrected chi connectivity index (χ3v) is 2.76. The second-order valence-corrected chi connectivity index (χ2v) is 4.72. The Labute approximate surface area is 88.3 Å². The van der Waals surface area contributed by atoms with Crippen LogP contribution in [0.1, 0.15) is 31.9 Å². The maximum Gasteiger partial charge on any atom is 0.141 e. The summed E-state index contributed by atoms with van der Waals surface area (Å²) in [6.07, 6.45) is 2.83. The zero-order valence-corrected chi connectivity index (χ0v) is 8.87. The molecule has 1 unspecified atom stereocenters. The van der Waals surface area contributed by atoms with Gasteiger partial charge in [-0.05, 0) is 26.3 Å². The lowest BCUT2D eigenvalue weighted by atomic mass is 9.81. The first kappa shape index (κ1) is 10.5. The van der Waals surface area contributed by atoms with E-state index in [1.54, 1.807) is 0 Å². The van der Waals surface area contributed by atoms with Crippen molar-refractivity contribution in [3.05, 3.63) is 29.8 Å². The highest BCUT2D eigenvalue weighted by atomic mass is 19.1. The predicted octanol–water partition coefficient (Wildman–Crippen LogP) is 1.39. The Morgan fingerprint density at radius 2 is 2.27 bits per heavy atom. The summed E-state index contributed by atoms with van der Waals surface area (Å²) < 4.78 is 12.9. The molecular formula is C11H15FN2O. The molecule has 0 bridgehead atoms. The third-order valence-electron chi connectivity index (χ3n) is 2.76. The zero-order valence-electron chi connectivity index (χ0n) is 8.87. The van der Waals surface area contributed by atoms with Gasteiger partial charge in [0.05, 0.1) is 12.3 Å². The first-order chi connectivity index (χ1) is 6.98. The minimum atomic E-state index is -0.679. The summed E-state index contributed by atoms with van der Waals surface area (Å²) in [4.78, 5) is 3.72. The number of nitrogens with zero attached hydrogens (tertiary/aromatic N) is 1. The molecule has 1 saturated heterocycles. The number of aliphatic hydroxyl groups excluding tert-OH is 1. The summed E-state index contributed by atoms with van der Waals surface area (Å²) in [5.41, 5.74) is 0.606. The molecule has 1 fully saturated rings. The lowest BCUT2D eigenvalue weighted by molar-refractivity contribution is 0.0386. The van der Waals surface area contributed by atoms with E-state index >= 15 is 0 Å². The number of hydrogen-bond donors (Lipinski definition) is 2. The zero-order chi connectivity index (χ0) is 11.1. The van der Waals surface area contributed by atoms with E-state index in [4.69, 9.17) is 0 Å². The number of nitrogens with one attached hydrogen (secondary N) is 1. The van der Waals surface area contributed by atoms with Crippen LogP contribution in [0.2, 0.25) is 0 Å². The minimum absolute atomic E-state index is 0.00333. The SMILES string of the molecule is CC1(C)C[C@@H](C(O)c2cncc(F)c2)N1. The molecule has 1 aromatic rings. The molecule has 15 heavy (non-hydrogen) atoms. The summed E-state index contributed by atoms with van der Waals surface area (Å²) in [5, 5.41) is 13.2. The highest BCUT2D eigenvalue weighted by Gasteiger charge is 2.39. The molecule has 0 aromatic carbocycles. The molecule has 2 heterocycles. The lowest BCUT2D eigenvalue weighted by Gasteiger charge is -2.46. The Morgan fingerprint density at radius 3 is 2.80 bits per heavy atom. The van der Waals surface area contributed by atoms with Crippen molar-refractivity contribution in [2.24, 2.45) is 0 Å². The smallest absolute Gasteiger partial charge is 0.141 e. The largest absolute Gasteiger partial charge is 0.387 e. The van der Waals surface area contributed by atoms with Crippen molar-refractivity contribution in [3.8, 4) is 0 Å². The number of halogens is 1. The van der Waals surface area contributed by atoms with Crippen LogP contribution in [-0.2, 0) is 0 Å². The fourth-order valence-electron chi connectivity index (χ4n) is 2.04. The van der Waals surface area contributed by atoms with Crippen LogP contribution < -0.4 is 5.32 Å². The molecule has 82 valence electrons. The van der Waals surface area contributed by atoms with Crippen molar-refractivity contribution in [2.45, 2.75) is 38.0 Å². The number of aromatic nitrogens is 1. The van der Waals surface area contributed by atoms with Gasteiger partial charge in [0.1, 0.15) is 5.82 Å². The van der Waals surface area contributed by atoms with Crippen LogP contribution >= 0.6 is 0 Å². The van der Waals surface area contributed by atoms with Gasteiger partial charge in [0.25, 0.3) is 0 Å². The standard InChI is InChI=1S/C11H15FN2O/c1-11(2)4-9(14-11)10(15)7-3-8(12)6-13-5-7/h3,5-6,9-10,14-15H,4H2,1-2H3/t9-,10?/m0/s1. The van der Waals surface area contributed by atoms with E-state index in [2.05, 4.69) is 24.1 Å². The van der Waals surface area contributed by atoms with Gasteiger partial charge in [-0.25, -0.2) is 4.39 Å². The fourth-order valence-corrected chi connectivity index (χ4v) is 2.04. The Balaban J connectivity index is 2.06. The predicted molar refractivity (Wildman–Crippen MR) is 54.8 cm³/mol. The van der Waals surface area contributed by atoms with Crippen LogP contribution in [0.15, 0.2) is 18.5 Å². The molecule has 0 aliphatic carbocycles. The number of hydrogen-bond acceptors (Lipinski definition) is 3. The quantitative estimate of drug-likeness (QED) is 0.775. The molecular weight excluding hydrogens is 195 g/mol. The van der Waals surface area contributed by atoms with Crippen molar-refractivity contribution in [3.63, 3.8) is 0 Å². The van der Waals surface area contributed by atoms with Crippen LogP contribution in [0.5, 0.6) is 0 Å². The third kappa shape index (κ3) is 2.16. The average molecular weight is 210 g/mol. The average Bonchev–Trinajstić information content (AvgIpc) is 2.13. The first-order valence-corrected chi connectivity index (χ1v) is 5.04. The minimum Gasteiger partial charge on any atom is -0.387 e. The Bertz CT molecular complexity index is 359.